The first kappa shape index (κ1) is 36.5. The first-order valence-corrected chi connectivity index (χ1v) is 16.5. The summed E-state index contributed by atoms with van der Waals surface area (Å²) in [7, 11) is 0. The quantitative estimate of drug-likeness (QED) is 0.134. The molecule has 0 spiro atoms. The lowest BCUT2D eigenvalue weighted by atomic mass is 9.81. The number of carboxylic acids is 1. The highest BCUT2D eigenvalue weighted by Crippen LogP contribution is 2.29. The number of hydrogen-bond acceptors (Lipinski definition) is 8. The SMILES string of the molecule is CC(C)(C)OC(=O)NCC1CCC(C(=O)N[C@@H](Cc2ccc(-c3cc(F)c(C(=O)O)c(F)c3)cc2)C(=O)Nc2ccc(-c3nn[nH]n3)cc2)CC1. The number of carboxylic acid groups (broad SMARTS) is 1. The number of aromatic carboxylic acids is 1. The third kappa shape index (κ3) is 9.93. The number of halogens is 2. The van der Waals surface area contributed by atoms with E-state index in [1.807, 2.05) is 0 Å². The maximum absolute atomic E-state index is 14.3. The van der Waals surface area contributed by atoms with Crippen LogP contribution in [0.2, 0.25) is 0 Å². The number of H-pyrrole nitrogens is 1. The van der Waals surface area contributed by atoms with Crippen LogP contribution < -0.4 is 16.0 Å². The molecule has 1 aliphatic carbocycles. The highest BCUT2D eigenvalue weighted by atomic mass is 19.1. The molecule has 268 valence electrons. The summed E-state index contributed by atoms with van der Waals surface area (Å²) in [5.41, 5.74) is 0.762. The molecule has 5 N–H and O–H groups in total. The molecule has 15 heteroatoms. The van der Waals surface area contributed by atoms with Gasteiger partial charge in [-0.05, 0) is 111 Å². The fourth-order valence-corrected chi connectivity index (χ4v) is 5.90. The summed E-state index contributed by atoms with van der Waals surface area (Å²) in [6.07, 6.45) is 2.22. The van der Waals surface area contributed by atoms with Gasteiger partial charge >= 0.3 is 12.1 Å². The van der Waals surface area contributed by atoms with Crippen molar-refractivity contribution in [3.05, 3.63) is 83.4 Å². The van der Waals surface area contributed by atoms with Gasteiger partial charge in [-0.3, -0.25) is 9.59 Å². The second-order valence-corrected chi connectivity index (χ2v) is 13.5. The number of hydrogen-bond donors (Lipinski definition) is 5. The molecule has 1 aromatic heterocycles. The van der Waals surface area contributed by atoms with Crippen molar-refractivity contribution in [3.63, 3.8) is 0 Å². The van der Waals surface area contributed by atoms with Crippen molar-refractivity contribution in [1.29, 1.82) is 0 Å². The Morgan fingerprint density at radius 1 is 0.922 bits per heavy atom. The van der Waals surface area contributed by atoms with E-state index < -0.39 is 46.8 Å². The van der Waals surface area contributed by atoms with E-state index in [1.165, 1.54) is 0 Å². The molecular weight excluding hydrogens is 664 g/mol. The fraction of sp³-hybridized carbons (Fsp3) is 0.361. The van der Waals surface area contributed by atoms with E-state index in [0.29, 0.717) is 60.4 Å². The number of amides is 3. The van der Waals surface area contributed by atoms with Crippen LogP contribution in [0.25, 0.3) is 22.5 Å². The van der Waals surface area contributed by atoms with Gasteiger partial charge in [0.2, 0.25) is 17.6 Å². The Morgan fingerprint density at radius 2 is 1.55 bits per heavy atom. The first-order valence-electron chi connectivity index (χ1n) is 16.5. The third-order valence-corrected chi connectivity index (χ3v) is 8.52. The number of carbonyl (C=O) groups excluding carboxylic acids is 3. The van der Waals surface area contributed by atoms with E-state index in [2.05, 4.69) is 36.6 Å². The van der Waals surface area contributed by atoms with Crippen molar-refractivity contribution in [2.24, 2.45) is 11.8 Å². The van der Waals surface area contributed by atoms with Crippen LogP contribution in [0.3, 0.4) is 0 Å². The standard InChI is InChI=1S/C36H39F2N7O6/c1-36(2,3)51-35(50)39-19-21-6-10-24(11-7-21)32(46)41-29(33(47)40-26-14-12-23(13-15-26)31-42-44-45-43-31)16-20-4-8-22(9-5-20)25-17-27(37)30(34(48)49)28(38)18-25/h4-5,8-9,12-15,17-18,21,24,29H,6-7,10-11,16,19H2,1-3H3,(H,39,50)(H,40,47)(H,41,46)(H,48,49)(H,42,43,44,45)/t21?,24?,29-/m0/s1. The molecule has 0 aliphatic heterocycles. The van der Waals surface area contributed by atoms with E-state index in [9.17, 15) is 28.0 Å². The smallest absolute Gasteiger partial charge is 0.407 e. The number of tetrazole rings is 1. The number of rotatable bonds is 11. The molecule has 4 aromatic rings. The van der Waals surface area contributed by atoms with Crippen molar-refractivity contribution in [3.8, 4) is 22.5 Å². The van der Waals surface area contributed by atoms with Crippen LogP contribution in [-0.4, -0.2) is 67.8 Å². The third-order valence-electron chi connectivity index (χ3n) is 8.52. The topological polar surface area (TPSA) is 188 Å². The summed E-state index contributed by atoms with van der Waals surface area (Å²) in [4.78, 5) is 50.4. The normalized spacial score (nSPS) is 16.5. The van der Waals surface area contributed by atoms with E-state index in [4.69, 9.17) is 9.84 Å². The summed E-state index contributed by atoms with van der Waals surface area (Å²) in [5.74, 6) is -4.56. The van der Waals surface area contributed by atoms with Crippen LogP contribution >= 0.6 is 0 Å². The van der Waals surface area contributed by atoms with Gasteiger partial charge in [-0.25, -0.2) is 18.4 Å². The molecule has 3 aromatic carbocycles. The second-order valence-electron chi connectivity index (χ2n) is 13.5. The summed E-state index contributed by atoms with van der Waals surface area (Å²) in [6, 6.07) is 14.3. The predicted molar refractivity (Wildman–Crippen MR) is 182 cm³/mol. The van der Waals surface area contributed by atoms with Crippen molar-refractivity contribution >= 4 is 29.6 Å². The van der Waals surface area contributed by atoms with Crippen molar-refractivity contribution in [2.75, 3.05) is 11.9 Å². The van der Waals surface area contributed by atoms with Crippen molar-refractivity contribution < 1.29 is 37.8 Å². The molecule has 0 saturated heterocycles. The molecule has 0 unspecified atom stereocenters. The van der Waals surface area contributed by atoms with E-state index in [0.717, 1.165) is 12.1 Å². The van der Waals surface area contributed by atoms with Gasteiger partial charge in [0.1, 0.15) is 28.8 Å². The second kappa shape index (κ2) is 15.9. The van der Waals surface area contributed by atoms with Gasteiger partial charge in [-0.2, -0.15) is 5.21 Å². The molecule has 0 radical (unpaired) electrons. The van der Waals surface area contributed by atoms with Crippen LogP contribution in [-0.2, 0) is 20.7 Å². The Labute approximate surface area is 292 Å². The zero-order valence-corrected chi connectivity index (χ0v) is 28.3. The molecule has 1 heterocycles. The molecule has 1 saturated carbocycles. The van der Waals surface area contributed by atoms with Crippen molar-refractivity contribution in [1.82, 2.24) is 31.3 Å². The largest absolute Gasteiger partial charge is 0.477 e. The number of nitrogens with zero attached hydrogens (tertiary/aromatic N) is 3. The van der Waals surface area contributed by atoms with Gasteiger partial charge in [0, 0.05) is 30.1 Å². The number of carbonyl (C=O) groups is 4. The monoisotopic (exact) mass is 703 g/mol. The van der Waals surface area contributed by atoms with E-state index in [1.54, 1.807) is 69.3 Å². The number of ether oxygens (including phenoxy) is 1. The van der Waals surface area contributed by atoms with Gasteiger partial charge in [0.25, 0.3) is 0 Å². The maximum atomic E-state index is 14.3. The number of aromatic nitrogens is 4. The van der Waals surface area contributed by atoms with Gasteiger partial charge in [0.15, 0.2) is 0 Å². The predicted octanol–water partition coefficient (Wildman–Crippen LogP) is 5.51. The Kier molecular flexibility index (Phi) is 11.4. The Balaban J connectivity index is 1.26. The fourth-order valence-electron chi connectivity index (χ4n) is 5.90. The number of nitrogens with one attached hydrogen (secondary N) is 4. The molecular formula is C36H39F2N7O6. The van der Waals surface area contributed by atoms with Crippen LogP contribution in [0.5, 0.6) is 0 Å². The zero-order valence-electron chi connectivity index (χ0n) is 28.3. The summed E-state index contributed by atoms with van der Waals surface area (Å²) < 4.78 is 34.0. The lowest BCUT2D eigenvalue weighted by molar-refractivity contribution is -0.130. The molecule has 0 bridgehead atoms. The summed E-state index contributed by atoms with van der Waals surface area (Å²) >= 11 is 0. The first-order chi connectivity index (χ1) is 24.3. The van der Waals surface area contributed by atoms with Crippen molar-refractivity contribution in [2.45, 2.75) is 64.5 Å². The molecule has 3 amide bonds. The minimum atomic E-state index is -1.70. The lowest BCUT2D eigenvalue weighted by Crippen LogP contribution is -2.48. The highest BCUT2D eigenvalue weighted by Gasteiger charge is 2.30. The number of benzene rings is 3. The summed E-state index contributed by atoms with van der Waals surface area (Å²) in [5, 5.41) is 31.5. The zero-order chi connectivity index (χ0) is 36.7. The lowest BCUT2D eigenvalue weighted by Gasteiger charge is -2.29. The average molecular weight is 704 g/mol. The minimum Gasteiger partial charge on any atom is -0.477 e. The molecule has 1 aliphatic rings. The van der Waals surface area contributed by atoms with Crippen LogP contribution in [0.1, 0.15) is 62.4 Å². The van der Waals surface area contributed by atoms with Crippen LogP contribution in [0.4, 0.5) is 19.3 Å². The van der Waals surface area contributed by atoms with Gasteiger partial charge < -0.3 is 25.8 Å². The van der Waals surface area contributed by atoms with Crippen LogP contribution in [0.15, 0.2) is 60.7 Å². The Morgan fingerprint density at radius 3 is 2.12 bits per heavy atom. The molecule has 5 rings (SSSR count). The van der Waals surface area contributed by atoms with Gasteiger partial charge in [-0.1, -0.05) is 24.3 Å². The number of anilines is 1. The van der Waals surface area contributed by atoms with Gasteiger partial charge in [-0.15, -0.1) is 10.2 Å². The van der Waals surface area contributed by atoms with E-state index >= 15 is 0 Å². The molecule has 1 fully saturated rings. The molecule has 13 nitrogen and oxygen atoms in total. The maximum Gasteiger partial charge on any atom is 0.407 e. The number of aromatic amines is 1. The molecule has 1 atom stereocenters. The van der Waals surface area contributed by atoms with Crippen LogP contribution in [0, 0.1) is 23.5 Å². The Hall–Kier alpha value is -5.73. The van der Waals surface area contributed by atoms with E-state index in [-0.39, 0.29) is 29.7 Å². The minimum absolute atomic E-state index is 0.106. The molecule has 51 heavy (non-hydrogen) atoms. The number of alkyl carbamates (subject to hydrolysis) is 1. The Bertz CT molecular complexity index is 1830. The highest BCUT2D eigenvalue weighted by molar-refractivity contribution is 5.98. The average Bonchev–Trinajstić information content (AvgIpc) is 3.62. The summed E-state index contributed by atoms with van der Waals surface area (Å²) in [6.45, 7) is 5.82. The van der Waals surface area contributed by atoms with Gasteiger partial charge in [0.05, 0.1) is 0 Å².